The predicted octanol–water partition coefficient (Wildman–Crippen LogP) is 0.585. The Bertz CT molecular complexity index is 142. The first-order valence-electron chi connectivity index (χ1n) is 3.54. The minimum absolute atomic E-state index is 0.358. The van der Waals surface area contributed by atoms with Crippen molar-refractivity contribution >= 4 is 18.6 Å². The summed E-state index contributed by atoms with van der Waals surface area (Å²) in [5.74, 6) is -0.396. The molecule has 0 fully saturated rings. The zero-order chi connectivity index (χ0) is 9.07. The third-order valence-electron chi connectivity index (χ3n) is 1.30. The van der Waals surface area contributed by atoms with Crippen molar-refractivity contribution in [3.63, 3.8) is 0 Å². The van der Waals surface area contributed by atoms with Gasteiger partial charge in [-0.05, 0) is 20.8 Å². The molecule has 0 saturated heterocycles. The van der Waals surface area contributed by atoms with Crippen LogP contribution in [-0.2, 0) is 9.53 Å². The smallest absolute Gasteiger partial charge is 0.324 e. The van der Waals surface area contributed by atoms with E-state index in [2.05, 4.69) is 12.6 Å². The summed E-state index contributed by atoms with van der Waals surface area (Å²) in [6.07, 6.45) is 0. The molecule has 0 aliphatic rings. The normalized spacial score (nSPS) is 14.3. The second kappa shape index (κ2) is 3.97. The summed E-state index contributed by atoms with van der Waals surface area (Å²) in [7, 11) is 0. The number of thiol groups is 1. The van der Waals surface area contributed by atoms with E-state index in [1.165, 1.54) is 0 Å². The van der Waals surface area contributed by atoms with E-state index in [0.717, 1.165) is 0 Å². The Balaban J connectivity index is 4.03. The van der Waals surface area contributed by atoms with E-state index in [9.17, 15) is 4.79 Å². The third kappa shape index (κ3) is 3.62. The van der Waals surface area contributed by atoms with Crippen LogP contribution in [-0.4, -0.2) is 23.4 Å². The molecule has 0 heterocycles. The standard InChI is InChI=1S/C7H15NO2S/c1-4-10-6(9)5(8)7(2,3)11/h5,11H,4,8H2,1-3H3. The third-order valence-corrected chi connectivity index (χ3v) is 1.58. The van der Waals surface area contributed by atoms with Gasteiger partial charge in [-0.2, -0.15) is 12.6 Å². The van der Waals surface area contributed by atoms with Gasteiger partial charge in [0.1, 0.15) is 6.04 Å². The van der Waals surface area contributed by atoms with Crippen molar-refractivity contribution in [2.45, 2.75) is 31.6 Å². The highest BCUT2D eigenvalue weighted by atomic mass is 32.1. The summed E-state index contributed by atoms with van der Waals surface area (Å²) in [6, 6.07) is -0.661. The SMILES string of the molecule is CCOC(=O)C(N)C(C)(C)S. The highest BCUT2D eigenvalue weighted by Crippen LogP contribution is 2.16. The monoisotopic (exact) mass is 177 g/mol. The highest BCUT2D eigenvalue weighted by Gasteiger charge is 2.29. The van der Waals surface area contributed by atoms with Crippen LogP contribution >= 0.6 is 12.6 Å². The molecule has 0 aromatic carbocycles. The van der Waals surface area contributed by atoms with Gasteiger partial charge in [0.05, 0.1) is 6.61 Å². The average molecular weight is 177 g/mol. The van der Waals surface area contributed by atoms with E-state index in [1.54, 1.807) is 20.8 Å². The molecule has 11 heavy (non-hydrogen) atoms. The van der Waals surface area contributed by atoms with Gasteiger partial charge in [-0.1, -0.05) is 0 Å². The molecule has 0 aromatic heterocycles. The molecule has 0 bridgehead atoms. The largest absolute Gasteiger partial charge is 0.465 e. The lowest BCUT2D eigenvalue weighted by Crippen LogP contribution is -2.46. The summed E-state index contributed by atoms with van der Waals surface area (Å²) in [5.41, 5.74) is 5.53. The van der Waals surface area contributed by atoms with Crippen molar-refractivity contribution in [2.24, 2.45) is 5.73 Å². The molecule has 0 amide bonds. The van der Waals surface area contributed by atoms with E-state index in [-0.39, 0.29) is 0 Å². The Hall–Kier alpha value is -0.220. The summed E-state index contributed by atoms with van der Waals surface area (Å²) in [5, 5.41) is 0. The van der Waals surface area contributed by atoms with Crippen molar-refractivity contribution < 1.29 is 9.53 Å². The van der Waals surface area contributed by atoms with Gasteiger partial charge in [-0.25, -0.2) is 0 Å². The Morgan fingerprint density at radius 2 is 2.18 bits per heavy atom. The van der Waals surface area contributed by atoms with E-state index < -0.39 is 16.8 Å². The Kier molecular flexibility index (Phi) is 3.89. The van der Waals surface area contributed by atoms with Crippen molar-refractivity contribution in [2.75, 3.05) is 6.61 Å². The molecule has 0 aliphatic heterocycles. The number of hydrogen-bond acceptors (Lipinski definition) is 4. The lowest BCUT2D eigenvalue weighted by Gasteiger charge is -2.23. The number of nitrogens with two attached hydrogens (primary N) is 1. The van der Waals surface area contributed by atoms with Crippen molar-refractivity contribution in [1.29, 1.82) is 0 Å². The van der Waals surface area contributed by atoms with E-state index >= 15 is 0 Å². The molecule has 0 saturated carbocycles. The summed E-state index contributed by atoms with van der Waals surface area (Å²) in [4.78, 5) is 11.0. The quantitative estimate of drug-likeness (QED) is 0.490. The van der Waals surface area contributed by atoms with Gasteiger partial charge in [0, 0.05) is 4.75 Å². The van der Waals surface area contributed by atoms with Crippen LogP contribution in [0.3, 0.4) is 0 Å². The van der Waals surface area contributed by atoms with Gasteiger partial charge in [0.15, 0.2) is 0 Å². The van der Waals surface area contributed by atoms with Crippen LogP contribution in [0.1, 0.15) is 20.8 Å². The molecule has 0 radical (unpaired) electrons. The van der Waals surface area contributed by atoms with Crippen LogP contribution in [0.2, 0.25) is 0 Å². The Labute approximate surface area is 72.7 Å². The van der Waals surface area contributed by atoms with Crippen LogP contribution in [0.4, 0.5) is 0 Å². The second-order valence-electron chi connectivity index (χ2n) is 2.88. The minimum atomic E-state index is -0.661. The molecule has 0 aliphatic carbocycles. The number of carbonyl (C=O) groups excluding carboxylic acids is 1. The highest BCUT2D eigenvalue weighted by molar-refractivity contribution is 7.81. The van der Waals surface area contributed by atoms with Gasteiger partial charge in [-0.15, -0.1) is 0 Å². The van der Waals surface area contributed by atoms with Crippen LogP contribution in [0, 0.1) is 0 Å². The molecule has 1 atom stereocenters. The van der Waals surface area contributed by atoms with Gasteiger partial charge < -0.3 is 10.5 Å². The molecule has 0 aromatic rings. The fourth-order valence-corrected chi connectivity index (χ4v) is 0.626. The fraction of sp³-hybridized carbons (Fsp3) is 0.857. The zero-order valence-electron chi connectivity index (χ0n) is 7.13. The minimum Gasteiger partial charge on any atom is -0.465 e. The van der Waals surface area contributed by atoms with Crippen molar-refractivity contribution in [3.8, 4) is 0 Å². The number of hydrogen-bond donors (Lipinski definition) is 2. The number of esters is 1. The van der Waals surface area contributed by atoms with E-state index in [0.29, 0.717) is 6.61 Å². The molecule has 0 rings (SSSR count). The Morgan fingerprint density at radius 1 is 1.73 bits per heavy atom. The van der Waals surface area contributed by atoms with Crippen LogP contribution in [0.5, 0.6) is 0 Å². The maximum absolute atomic E-state index is 11.0. The van der Waals surface area contributed by atoms with Gasteiger partial charge in [0.2, 0.25) is 0 Å². The van der Waals surface area contributed by atoms with Crippen molar-refractivity contribution in [1.82, 2.24) is 0 Å². The van der Waals surface area contributed by atoms with Gasteiger partial charge in [-0.3, -0.25) is 4.79 Å². The second-order valence-corrected chi connectivity index (χ2v) is 4.04. The first kappa shape index (κ1) is 10.8. The van der Waals surface area contributed by atoms with E-state index in [4.69, 9.17) is 10.5 Å². The fourth-order valence-electron chi connectivity index (χ4n) is 0.520. The van der Waals surface area contributed by atoms with Crippen LogP contribution < -0.4 is 5.73 Å². The number of ether oxygens (including phenoxy) is 1. The van der Waals surface area contributed by atoms with Crippen molar-refractivity contribution in [3.05, 3.63) is 0 Å². The lowest BCUT2D eigenvalue weighted by atomic mass is 10.1. The average Bonchev–Trinajstić information content (AvgIpc) is 1.85. The molecule has 1 unspecified atom stereocenters. The molecule has 3 nitrogen and oxygen atoms in total. The maximum atomic E-state index is 11.0. The number of carbonyl (C=O) groups is 1. The number of rotatable bonds is 3. The first-order valence-corrected chi connectivity index (χ1v) is 3.99. The molecule has 4 heteroatoms. The molecule has 0 spiro atoms. The van der Waals surface area contributed by atoms with Gasteiger partial charge >= 0.3 is 5.97 Å². The topological polar surface area (TPSA) is 52.3 Å². The molecule has 66 valence electrons. The summed E-state index contributed by atoms with van der Waals surface area (Å²) >= 11 is 4.16. The first-order chi connectivity index (χ1) is 4.89. The zero-order valence-corrected chi connectivity index (χ0v) is 8.02. The maximum Gasteiger partial charge on any atom is 0.324 e. The lowest BCUT2D eigenvalue weighted by molar-refractivity contribution is -0.145. The van der Waals surface area contributed by atoms with E-state index in [1.807, 2.05) is 0 Å². The van der Waals surface area contributed by atoms with Gasteiger partial charge in [0.25, 0.3) is 0 Å². The summed E-state index contributed by atoms with van der Waals surface area (Å²) < 4.78 is 4.20. The van der Waals surface area contributed by atoms with Crippen LogP contribution in [0.15, 0.2) is 0 Å². The molecular formula is C7H15NO2S. The molecule has 2 N–H and O–H groups in total. The molecular weight excluding hydrogens is 162 g/mol. The predicted molar refractivity (Wildman–Crippen MR) is 47.7 cm³/mol. The Morgan fingerprint density at radius 3 is 2.45 bits per heavy atom. The van der Waals surface area contributed by atoms with Crippen LogP contribution in [0.25, 0.3) is 0 Å². The summed E-state index contributed by atoms with van der Waals surface area (Å²) in [6.45, 7) is 5.65.